The van der Waals surface area contributed by atoms with Crippen LogP contribution in [-0.2, 0) is 0 Å². The molecule has 1 heterocycles. The molecule has 7 heteroatoms. The highest BCUT2D eigenvalue weighted by Gasteiger charge is 2.10. The van der Waals surface area contributed by atoms with E-state index >= 15 is 0 Å². The number of methoxy groups -OCH3 is 1. The molecular formula is C21H22N4O3. The summed E-state index contributed by atoms with van der Waals surface area (Å²) in [4.78, 5) is 12.2. The molecule has 0 aliphatic heterocycles. The number of rotatable bonds is 7. The normalized spacial score (nSPS) is 10.4. The molecule has 7 nitrogen and oxygen atoms in total. The van der Waals surface area contributed by atoms with Gasteiger partial charge in [0.25, 0.3) is 5.91 Å². The van der Waals surface area contributed by atoms with E-state index < -0.39 is 0 Å². The number of ether oxygens (including phenoxy) is 2. The molecule has 0 fully saturated rings. The van der Waals surface area contributed by atoms with Gasteiger partial charge in [-0.05, 0) is 50.2 Å². The quantitative estimate of drug-likeness (QED) is 0.639. The lowest BCUT2D eigenvalue weighted by molar-refractivity contribution is 0.102. The molecule has 0 aliphatic carbocycles. The van der Waals surface area contributed by atoms with Gasteiger partial charge in [0, 0.05) is 17.4 Å². The number of hydrogen-bond acceptors (Lipinski definition) is 6. The number of nitrogens with zero attached hydrogens (tertiary/aromatic N) is 2. The molecule has 0 aliphatic rings. The van der Waals surface area contributed by atoms with E-state index in [1.165, 1.54) is 0 Å². The second kappa shape index (κ2) is 8.85. The second-order valence-electron chi connectivity index (χ2n) is 6.28. The molecule has 0 saturated heterocycles. The Bertz CT molecular complexity index is 928. The third kappa shape index (κ3) is 4.97. The predicted molar refractivity (Wildman–Crippen MR) is 108 cm³/mol. The first-order chi connectivity index (χ1) is 13.5. The Morgan fingerprint density at radius 1 is 0.929 bits per heavy atom. The summed E-state index contributed by atoms with van der Waals surface area (Å²) in [5, 5.41) is 14.0. The average Bonchev–Trinajstić information content (AvgIpc) is 2.70. The van der Waals surface area contributed by atoms with Crippen LogP contribution in [-0.4, -0.2) is 29.3 Å². The standard InChI is InChI=1S/C21H22N4O3/c1-14(2)28-18-11-9-16(13-19(18)27-3)22-20-12-10-17(24-25-20)21(26)23-15-7-5-4-6-8-15/h4-14H,1-3H3,(H,22,25)(H,23,26). The number of amides is 1. The van der Waals surface area contributed by atoms with E-state index in [1.54, 1.807) is 31.4 Å². The van der Waals surface area contributed by atoms with Crippen LogP contribution in [0.1, 0.15) is 24.3 Å². The van der Waals surface area contributed by atoms with Crippen molar-refractivity contribution in [2.45, 2.75) is 20.0 Å². The summed E-state index contributed by atoms with van der Waals surface area (Å²) < 4.78 is 11.1. The number of aromatic nitrogens is 2. The summed E-state index contributed by atoms with van der Waals surface area (Å²) in [7, 11) is 1.59. The van der Waals surface area contributed by atoms with Crippen LogP contribution < -0.4 is 20.1 Å². The lowest BCUT2D eigenvalue weighted by Gasteiger charge is -2.15. The van der Waals surface area contributed by atoms with Crippen molar-refractivity contribution in [2.24, 2.45) is 0 Å². The van der Waals surface area contributed by atoms with Crippen molar-refractivity contribution < 1.29 is 14.3 Å². The third-order valence-corrected chi connectivity index (χ3v) is 3.73. The maximum Gasteiger partial charge on any atom is 0.276 e. The zero-order chi connectivity index (χ0) is 19.9. The van der Waals surface area contributed by atoms with Gasteiger partial charge in [-0.25, -0.2) is 0 Å². The summed E-state index contributed by atoms with van der Waals surface area (Å²) in [5.74, 6) is 1.48. The van der Waals surface area contributed by atoms with Gasteiger partial charge in [0.05, 0.1) is 13.2 Å². The molecule has 1 amide bonds. The molecule has 0 atom stereocenters. The molecule has 0 saturated carbocycles. The maximum atomic E-state index is 12.2. The van der Waals surface area contributed by atoms with E-state index in [0.717, 1.165) is 5.69 Å². The zero-order valence-electron chi connectivity index (χ0n) is 16.0. The molecule has 28 heavy (non-hydrogen) atoms. The minimum Gasteiger partial charge on any atom is -0.493 e. The fourth-order valence-electron chi connectivity index (χ4n) is 2.48. The van der Waals surface area contributed by atoms with Crippen LogP contribution in [0.3, 0.4) is 0 Å². The van der Waals surface area contributed by atoms with Crippen molar-refractivity contribution in [3.05, 3.63) is 66.4 Å². The van der Waals surface area contributed by atoms with Crippen LogP contribution in [0, 0.1) is 0 Å². The number of carbonyl (C=O) groups excluding carboxylic acids is 1. The van der Waals surface area contributed by atoms with E-state index in [0.29, 0.717) is 23.0 Å². The first kappa shape index (κ1) is 19.2. The molecule has 0 bridgehead atoms. The second-order valence-corrected chi connectivity index (χ2v) is 6.28. The smallest absolute Gasteiger partial charge is 0.276 e. The van der Waals surface area contributed by atoms with Crippen LogP contribution in [0.15, 0.2) is 60.7 Å². The first-order valence-corrected chi connectivity index (χ1v) is 8.87. The minimum absolute atomic E-state index is 0.0492. The Morgan fingerprint density at radius 3 is 2.36 bits per heavy atom. The van der Waals surface area contributed by atoms with Crippen molar-refractivity contribution in [3.8, 4) is 11.5 Å². The van der Waals surface area contributed by atoms with Crippen molar-refractivity contribution in [3.63, 3.8) is 0 Å². The Hall–Kier alpha value is -3.61. The molecule has 2 N–H and O–H groups in total. The third-order valence-electron chi connectivity index (χ3n) is 3.73. The van der Waals surface area contributed by atoms with Crippen LogP contribution in [0.4, 0.5) is 17.2 Å². The number of nitrogens with one attached hydrogen (secondary N) is 2. The highest BCUT2D eigenvalue weighted by Crippen LogP contribution is 2.31. The molecule has 0 spiro atoms. The van der Waals surface area contributed by atoms with Gasteiger partial charge in [-0.3, -0.25) is 4.79 Å². The Morgan fingerprint density at radius 2 is 1.71 bits per heavy atom. The molecule has 144 valence electrons. The van der Waals surface area contributed by atoms with Crippen molar-refractivity contribution in [1.82, 2.24) is 10.2 Å². The summed E-state index contributed by atoms with van der Waals surface area (Å²) >= 11 is 0. The van der Waals surface area contributed by atoms with Gasteiger partial charge in [-0.2, -0.15) is 0 Å². The van der Waals surface area contributed by atoms with E-state index in [1.807, 2.05) is 50.2 Å². The first-order valence-electron chi connectivity index (χ1n) is 8.87. The Balaban J connectivity index is 1.68. The molecule has 0 unspecified atom stereocenters. The summed E-state index contributed by atoms with van der Waals surface area (Å²) in [5.41, 5.74) is 1.70. The Kier molecular flexibility index (Phi) is 6.06. The van der Waals surface area contributed by atoms with E-state index in [2.05, 4.69) is 20.8 Å². The van der Waals surface area contributed by atoms with Gasteiger partial charge in [0.2, 0.25) is 0 Å². The number of anilines is 3. The van der Waals surface area contributed by atoms with Gasteiger partial charge < -0.3 is 20.1 Å². The van der Waals surface area contributed by atoms with Crippen molar-refractivity contribution >= 4 is 23.1 Å². The SMILES string of the molecule is COc1cc(Nc2ccc(C(=O)Nc3ccccc3)nn2)ccc1OC(C)C. The number of benzene rings is 2. The van der Waals surface area contributed by atoms with E-state index in [-0.39, 0.29) is 17.7 Å². The molecule has 2 aromatic carbocycles. The highest BCUT2D eigenvalue weighted by molar-refractivity contribution is 6.02. The fraction of sp³-hybridized carbons (Fsp3) is 0.190. The summed E-state index contributed by atoms with van der Waals surface area (Å²) in [6, 6.07) is 18.0. The summed E-state index contributed by atoms with van der Waals surface area (Å²) in [6.07, 6.45) is 0.0492. The fourth-order valence-corrected chi connectivity index (χ4v) is 2.48. The minimum atomic E-state index is -0.317. The van der Waals surface area contributed by atoms with Gasteiger partial charge >= 0.3 is 0 Å². The summed E-state index contributed by atoms with van der Waals surface area (Å²) in [6.45, 7) is 3.91. The molecule has 3 rings (SSSR count). The highest BCUT2D eigenvalue weighted by atomic mass is 16.5. The van der Waals surface area contributed by atoms with Gasteiger partial charge in [-0.15, -0.1) is 10.2 Å². The van der Waals surface area contributed by atoms with Gasteiger partial charge in [0.1, 0.15) is 0 Å². The van der Waals surface area contributed by atoms with Crippen LogP contribution in [0.2, 0.25) is 0 Å². The van der Waals surface area contributed by atoms with Gasteiger partial charge in [0.15, 0.2) is 23.0 Å². The van der Waals surface area contributed by atoms with Gasteiger partial charge in [-0.1, -0.05) is 18.2 Å². The topological polar surface area (TPSA) is 85.4 Å². The Labute approximate surface area is 163 Å². The monoisotopic (exact) mass is 378 g/mol. The number of hydrogen-bond donors (Lipinski definition) is 2. The molecule has 1 aromatic heterocycles. The van der Waals surface area contributed by atoms with E-state index in [4.69, 9.17) is 9.47 Å². The average molecular weight is 378 g/mol. The van der Waals surface area contributed by atoms with Crippen molar-refractivity contribution in [1.29, 1.82) is 0 Å². The van der Waals surface area contributed by atoms with Crippen LogP contribution >= 0.6 is 0 Å². The zero-order valence-corrected chi connectivity index (χ0v) is 16.0. The van der Waals surface area contributed by atoms with Crippen LogP contribution in [0.25, 0.3) is 0 Å². The lowest BCUT2D eigenvalue weighted by Crippen LogP contribution is -2.14. The van der Waals surface area contributed by atoms with Crippen molar-refractivity contribution in [2.75, 3.05) is 17.7 Å². The number of carbonyl (C=O) groups is 1. The molecule has 3 aromatic rings. The number of para-hydroxylation sites is 1. The van der Waals surface area contributed by atoms with E-state index in [9.17, 15) is 4.79 Å². The molecular weight excluding hydrogens is 356 g/mol. The lowest BCUT2D eigenvalue weighted by atomic mass is 10.2. The predicted octanol–water partition coefficient (Wildman–Crippen LogP) is 4.27. The maximum absolute atomic E-state index is 12.2. The van der Waals surface area contributed by atoms with Crippen LogP contribution in [0.5, 0.6) is 11.5 Å². The largest absolute Gasteiger partial charge is 0.493 e. The molecule has 0 radical (unpaired) electrons.